The first kappa shape index (κ1) is 12.8. The van der Waals surface area contributed by atoms with E-state index in [2.05, 4.69) is 5.32 Å². The molecule has 0 saturated heterocycles. The van der Waals surface area contributed by atoms with Gasteiger partial charge in [0.15, 0.2) is 0 Å². The van der Waals surface area contributed by atoms with Gasteiger partial charge in [0.25, 0.3) is 0 Å². The fourth-order valence-corrected chi connectivity index (χ4v) is 2.38. The van der Waals surface area contributed by atoms with Gasteiger partial charge in [-0.05, 0) is 18.1 Å². The van der Waals surface area contributed by atoms with Crippen LogP contribution in [-0.2, 0) is 4.79 Å². The summed E-state index contributed by atoms with van der Waals surface area (Å²) in [6.45, 7) is 1.66. The highest BCUT2D eigenvalue weighted by Crippen LogP contribution is 2.39. The number of hydrogen-bond donors (Lipinski definition) is 2. The van der Waals surface area contributed by atoms with E-state index in [0.717, 1.165) is 0 Å². The van der Waals surface area contributed by atoms with Crippen molar-refractivity contribution in [1.29, 1.82) is 0 Å². The van der Waals surface area contributed by atoms with Crippen molar-refractivity contribution in [3.63, 3.8) is 0 Å². The molecule has 0 aromatic heterocycles. The maximum Gasteiger partial charge on any atom is 0.245 e. The second-order valence-corrected chi connectivity index (χ2v) is 4.71. The molecule has 98 valence electrons. The normalized spacial score (nSPS) is 24.2. The third-order valence-electron chi connectivity index (χ3n) is 3.57. The van der Waals surface area contributed by atoms with Gasteiger partial charge in [0.2, 0.25) is 12.3 Å². The number of carbonyl (C=O) groups excluding carboxylic acids is 1. The van der Waals surface area contributed by atoms with E-state index in [0.29, 0.717) is 11.3 Å². The number of fused-ring (bicyclic) bond motifs is 1. The van der Waals surface area contributed by atoms with E-state index < -0.39 is 24.2 Å². The maximum absolute atomic E-state index is 13.1. The van der Waals surface area contributed by atoms with Gasteiger partial charge in [-0.25, -0.2) is 8.78 Å². The van der Waals surface area contributed by atoms with Crippen LogP contribution in [0.1, 0.15) is 24.8 Å². The number of rotatable bonds is 3. The summed E-state index contributed by atoms with van der Waals surface area (Å²) < 4.78 is 26.2. The Labute approximate surface area is 104 Å². The Morgan fingerprint density at radius 1 is 1.44 bits per heavy atom. The second-order valence-electron chi connectivity index (χ2n) is 4.71. The zero-order valence-electron chi connectivity index (χ0n) is 10.1. The Hall–Kier alpha value is -1.65. The predicted octanol–water partition coefficient (Wildman–Crippen LogP) is 2.34. The summed E-state index contributed by atoms with van der Waals surface area (Å²) in [7, 11) is 0. The molecule has 3 unspecified atom stereocenters. The van der Waals surface area contributed by atoms with Gasteiger partial charge in [-0.1, -0.05) is 25.1 Å². The first-order valence-electron chi connectivity index (χ1n) is 5.93. The van der Waals surface area contributed by atoms with Crippen molar-refractivity contribution in [2.45, 2.75) is 31.7 Å². The topological polar surface area (TPSA) is 55.1 Å². The molecule has 1 aromatic rings. The van der Waals surface area contributed by atoms with Crippen LogP contribution in [-0.4, -0.2) is 18.4 Å². The molecule has 1 aliphatic heterocycles. The number of para-hydroxylation sites is 1. The lowest BCUT2D eigenvalue weighted by molar-refractivity contribution is -0.121. The fraction of sp³-hybridized carbons (Fsp3) is 0.462. The van der Waals surface area contributed by atoms with Crippen LogP contribution in [0.5, 0.6) is 0 Å². The first-order valence-corrected chi connectivity index (χ1v) is 5.93. The highest BCUT2D eigenvalue weighted by atomic mass is 19.3. The van der Waals surface area contributed by atoms with Crippen molar-refractivity contribution in [1.82, 2.24) is 0 Å². The largest absolute Gasteiger partial charge is 0.381 e. The lowest BCUT2D eigenvalue weighted by Gasteiger charge is -2.35. The summed E-state index contributed by atoms with van der Waals surface area (Å²) in [5, 5.41) is 3.13. The number of halogens is 2. The van der Waals surface area contributed by atoms with Crippen molar-refractivity contribution >= 4 is 11.6 Å². The van der Waals surface area contributed by atoms with Crippen LogP contribution in [0.15, 0.2) is 24.3 Å². The highest BCUT2D eigenvalue weighted by molar-refractivity contribution is 5.78. The summed E-state index contributed by atoms with van der Waals surface area (Å²) >= 11 is 0. The zero-order valence-corrected chi connectivity index (χ0v) is 10.1. The van der Waals surface area contributed by atoms with Crippen LogP contribution in [0, 0.1) is 5.92 Å². The van der Waals surface area contributed by atoms with E-state index in [-0.39, 0.29) is 12.5 Å². The minimum absolute atomic E-state index is 0.221. The molecule has 5 heteroatoms. The van der Waals surface area contributed by atoms with Gasteiger partial charge in [-0.2, -0.15) is 0 Å². The van der Waals surface area contributed by atoms with E-state index in [9.17, 15) is 13.6 Å². The number of hydrogen-bond acceptors (Lipinski definition) is 2. The van der Waals surface area contributed by atoms with Crippen molar-refractivity contribution < 1.29 is 13.6 Å². The van der Waals surface area contributed by atoms with E-state index in [1.165, 1.54) is 0 Å². The molecule has 1 heterocycles. The van der Waals surface area contributed by atoms with Gasteiger partial charge in [0.1, 0.15) is 0 Å². The summed E-state index contributed by atoms with van der Waals surface area (Å²) in [4.78, 5) is 11.2. The minimum Gasteiger partial charge on any atom is -0.381 e. The lowest BCUT2D eigenvalue weighted by atomic mass is 9.82. The van der Waals surface area contributed by atoms with Crippen molar-refractivity contribution in [3.05, 3.63) is 29.8 Å². The third-order valence-corrected chi connectivity index (χ3v) is 3.57. The van der Waals surface area contributed by atoms with Gasteiger partial charge in [-0.15, -0.1) is 0 Å². The molecule has 0 spiro atoms. The van der Waals surface area contributed by atoms with E-state index in [1.807, 2.05) is 0 Å². The quantitative estimate of drug-likeness (QED) is 0.869. The molecular weight excluding hydrogens is 238 g/mol. The average molecular weight is 254 g/mol. The number of alkyl halides is 2. The number of benzene rings is 1. The number of primary amides is 1. The van der Waals surface area contributed by atoms with Crippen molar-refractivity contribution in [2.75, 3.05) is 5.32 Å². The number of carbonyl (C=O) groups is 1. The number of nitrogens with one attached hydrogen (secondary N) is 1. The Morgan fingerprint density at radius 3 is 2.72 bits per heavy atom. The zero-order chi connectivity index (χ0) is 13.3. The number of amides is 1. The van der Waals surface area contributed by atoms with Crippen LogP contribution >= 0.6 is 0 Å². The molecule has 1 aliphatic rings. The van der Waals surface area contributed by atoms with E-state index in [4.69, 9.17) is 5.73 Å². The molecule has 3 nitrogen and oxygen atoms in total. The van der Waals surface area contributed by atoms with Crippen LogP contribution in [0.2, 0.25) is 0 Å². The molecule has 0 aliphatic carbocycles. The summed E-state index contributed by atoms with van der Waals surface area (Å²) in [6, 6.07) is 6.64. The molecule has 1 amide bonds. The first-order chi connectivity index (χ1) is 8.50. The SMILES string of the molecule is CC(C(N)=O)C1CC(C(F)F)c2ccccc2N1. The van der Waals surface area contributed by atoms with Gasteiger partial charge in [0.05, 0.1) is 5.92 Å². The smallest absolute Gasteiger partial charge is 0.245 e. The molecule has 18 heavy (non-hydrogen) atoms. The molecular formula is C13H16F2N2O. The van der Waals surface area contributed by atoms with Crippen molar-refractivity contribution in [3.8, 4) is 0 Å². The minimum atomic E-state index is -2.43. The fourth-order valence-electron chi connectivity index (χ4n) is 2.38. The number of nitrogens with two attached hydrogens (primary N) is 1. The predicted molar refractivity (Wildman–Crippen MR) is 65.6 cm³/mol. The van der Waals surface area contributed by atoms with Crippen molar-refractivity contribution in [2.24, 2.45) is 11.7 Å². The van der Waals surface area contributed by atoms with E-state index >= 15 is 0 Å². The Bertz CT molecular complexity index is 450. The molecule has 0 radical (unpaired) electrons. The van der Waals surface area contributed by atoms with E-state index in [1.54, 1.807) is 31.2 Å². The van der Waals surface area contributed by atoms with Crippen LogP contribution in [0.25, 0.3) is 0 Å². The highest BCUT2D eigenvalue weighted by Gasteiger charge is 2.35. The van der Waals surface area contributed by atoms with Gasteiger partial charge in [-0.3, -0.25) is 4.79 Å². The molecule has 0 fully saturated rings. The molecule has 0 saturated carbocycles. The van der Waals surface area contributed by atoms with Crippen LogP contribution < -0.4 is 11.1 Å². The molecule has 3 atom stereocenters. The molecule has 3 N–H and O–H groups in total. The molecule has 0 bridgehead atoms. The lowest BCUT2D eigenvalue weighted by Crippen LogP contribution is -2.41. The second kappa shape index (κ2) is 4.92. The summed E-state index contributed by atoms with van der Waals surface area (Å²) in [6.07, 6.45) is -2.21. The average Bonchev–Trinajstić information content (AvgIpc) is 2.36. The van der Waals surface area contributed by atoms with Gasteiger partial charge in [0, 0.05) is 17.6 Å². The molecule has 1 aromatic carbocycles. The van der Waals surface area contributed by atoms with Crippen LogP contribution in [0.3, 0.4) is 0 Å². The van der Waals surface area contributed by atoms with Crippen LogP contribution in [0.4, 0.5) is 14.5 Å². The Kier molecular flexibility index (Phi) is 3.50. The van der Waals surface area contributed by atoms with Gasteiger partial charge >= 0.3 is 0 Å². The standard InChI is InChI=1S/C13H16F2N2O/c1-7(13(16)18)11-6-9(12(14)15)8-4-2-3-5-10(8)17-11/h2-5,7,9,11-12,17H,6H2,1H3,(H2,16,18). The molecule has 2 rings (SSSR count). The Balaban J connectivity index is 2.31. The maximum atomic E-state index is 13.1. The third kappa shape index (κ3) is 2.30. The Morgan fingerprint density at radius 2 is 2.11 bits per heavy atom. The number of anilines is 1. The monoisotopic (exact) mass is 254 g/mol. The summed E-state index contributed by atoms with van der Waals surface area (Å²) in [5.74, 6) is -1.78. The summed E-state index contributed by atoms with van der Waals surface area (Å²) in [5.41, 5.74) is 6.53. The van der Waals surface area contributed by atoms with Gasteiger partial charge < -0.3 is 11.1 Å².